The van der Waals surface area contributed by atoms with Crippen LogP contribution in [0.1, 0.15) is 27.7 Å². The van der Waals surface area contributed by atoms with Crippen molar-refractivity contribution in [2.24, 2.45) is 11.7 Å². The van der Waals surface area contributed by atoms with Crippen molar-refractivity contribution in [1.82, 2.24) is 0 Å². The van der Waals surface area contributed by atoms with Crippen LogP contribution in [0.15, 0.2) is 11.1 Å². The second-order valence-electron chi connectivity index (χ2n) is 4.22. The summed E-state index contributed by atoms with van der Waals surface area (Å²) in [6.45, 7) is 6.25. The number of nitriles is 1. The molecule has 2 nitrogen and oxygen atoms in total. The fourth-order valence-corrected chi connectivity index (χ4v) is 2.90. The summed E-state index contributed by atoms with van der Waals surface area (Å²) in [5, 5.41) is 8.78. The molecule has 0 bridgehead atoms. The van der Waals surface area contributed by atoms with Gasteiger partial charge in [0.25, 0.3) is 0 Å². The van der Waals surface area contributed by atoms with E-state index >= 15 is 0 Å². The standard InChI is InChI=1S/C12H19F3N2S/c1-5-18-11(9(4)17)7(2)10(6-16)8(3)12(13,14)15/h7,9,11H,5,17H2,1-4H3/b10-8+. The van der Waals surface area contributed by atoms with E-state index in [0.717, 1.165) is 12.7 Å². The molecule has 0 aliphatic carbocycles. The maximum atomic E-state index is 12.6. The fraction of sp³-hybridized carbons (Fsp3) is 0.750. The highest BCUT2D eigenvalue weighted by molar-refractivity contribution is 7.99. The highest BCUT2D eigenvalue weighted by Crippen LogP contribution is 2.34. The molecule has 0 aromatic rings. The number of allylic oxidation sites excluding steroid dienone is 2. The van der Waals surface area contributed by atoms with Crippen LogP contribution in [0, 0.1) is 17.2 Å². The predicted octanol–water partition coefficient (Wildman–Crippen LogP) is 3.49. The van der Waals surface area contributed by atoms with Gasteiger partial charge in [-0.1, -0.05) is 13.8 Å². The normalized spacial score (nSPS) is 18.6. The van der Waals surface area contributed by atoms with Gasteiger partial charge in [-0.25, -0.2) is 0 Å². The van der Waals surface area contributed by atoms with E-state index in [1.807, 2.05) is 6.92 Å². The van der Waals surface area contributed by atoms with Crippen LogP contribution in [0.2, 0.25) is 0 Å². The number of nitrogens with two attached hydrogens (primary N) is 1. The molecular weight excluding hydrogens is 261 g/mol. The van der Waals surface area contributed by atoms with Gasteiger partial charge in [-0.05, 0) is 19.6 Å². The summed E-state index contributed by atoms with van der Waals surface area (Å²) in [5.74, 6) is 0.238. The molecule has 6 heteroatoms. The van der Waals surface area contributed by atoms with Crippen LogP contribution >= 0.6 is 11.8 Å². The molecule has 0 saturated heterocycles. The Morgan fingerprint density at radius 1 is 1.39 bits per heavy atom. The van der Waals surface area contributed by atoms with Crippen molar-refractivity contribution in [2.75, 3.05) is 5.75 Å². The lowest BCUT2D eigenvalue weighted by atomic mass is 9.91. The van der Waals surface area contributed by atoms with Crippen molar-refractivity contribution in [3.8, 4) is 6.07 Å². The van der Waals surface area contributed by atoms with E-state index in [1.54, 1.807) is 19.9 Å². The van der Waals surface area contributed by atoms with Crippen LogP contribution in [0.5, 0.6) is 0 Å². The molecule has 2 N–H and O–H groups in total. The summed E-state index contributed by atoms with van der Waals surface area (Å²) in [7, 11) is 0. The molecule has 0 radical (unpaired) electrons. The molecule has 0 fully saturated rings. The highest BCUT2D eigenvalue weighted by atomic mass is 32.2. The number of hydrogen-bond donors (Lipinski definition) is 1. The van der Waals surface area contributed by atoms with Crippen molar-refractivity contribution in [3.63, 3.8) is 0 Å². The number of thioether (sulfide) groups is 1. The molecule has 3 atom stereocenters. The van der Waals surface area contributed by atoms with E-state index in [0.29, 0.717) is 0 Å². The van der Waals surface area contributed by atoms with Crippen LogP contribution < -0.4 is 5.73 Å². The molecule has 18 heavy (non-hydrogen) atoms. The second kappa shape index (κ2) is 7.05. The van der Waals surface area contributed by atoms with Crippen molar-refractivity contribution in [2.45, 2.75) is 45.2 Å². The molecule has 0 rings (SSSR count). The first kappa shape index (κ1) is 17.3. The lowest BCUT2D eigenvalue weighted by Gasteiger charge is -2.27. The van der Waals surface area contributed by atoms with E-state index in [9.17, 15) is 13.2 Å². The van der Waals surface area contributed by atoms with Crippen LogP contribution in [0.4, 0.5) is 13.2 Å². The monoisotopic (exact) mass is 280 g/mol. The topological polar surface area (TPSA) is 49.8 Å². The van der Waals surface area contributed by atoms with Gasteiger partial charge in [0.15, 0.2) is 0 Å². The van der Waals surface area contributed by atoms with E-state index in [1.165, 1.54) is 11.8 Å². The number of hydrogen-bond acceptors (Lipinski definition) is 3. The van der Waals surface area contributed by atoms with Crippen molar-refractivity contribution in [1.29, 1.82) is 5.26 Å². The Labute approximate surface area is 110 Å². The molecule has 0 aromatic carbocycles. The summed E-state index contributed by atoms with van der Waals surface area (Å²) in [6, 6.07) is 1.42. The maximum Gasteiger partial charge on any atom is 0.413 e. The quantitative estimate of drug-likeness (QED) is 0.784. The third-order valence-electron chi connectivity index (χ3n) is 2.78. The second-order valence-corrected chi connectivity index (χ2v) is 5.67. The lowest BCUT2D eigenvalue weighted by Crippen LogP contribution is -2.35. The number of alkyl halides is 3. The SMILES string of the molecule is CCSC(C(C)N)C(C)/C(C#N)=C(\C)C(F)(F)F. The van der Waals surface area contributed by atoms with Gasteiger partial charge in [0.2, 0.25) is 0 Å². The van der Waals surface area contributed by atoms with Gasteiger partial charge in [0.05, 0.1) is 6.07 Å². The molecule has 0 aliphatic heterocycles. The number of halogens is 3. The van der Waals surface area contributed by atoms with Gasteiger partial charge in [-0.3, -0.25) is 0 Å². The minimum atomic E-state index is -4.46. The van der Waals surface area contributed by atoms with E-state index in [2.05, 4.69) is 0 Å². The zero-order valence-corrected chi connectivity index (χ0v) is 11.8. The third kappa shape index (κ3) is 4.54. The summed E-state index contributed by atoms with van der Waals surface area (Å²) in [6.07, 6.45) is -4.46. The average molecular weight is 280 g/mol. The molecule has 0 amide bonds. The van der Waals surface area contributed by atoms with Crippen LogP contribution in [0.25, 0.3) is 0 Å². The summed E-state index contributed by atoms with van der Waals surface area (Å²) in [4.78, 5) is 0. The molecule has 0 aliphatic rings. The van der Waals surface area contributed by atoms with Crippen LogP contribution in [-0.2, 0) is 0 Å². The molecular formula is C12H19F3N2S. The first-order valence-corrected chi connectivity index (χ1v) is 6.76. The first-order chi connectivity index (χ1) is 8.16. The van der Waals surface area contributed by atoms with Gasteiger partial charge in [0, 0.05) is 28.4 Å². The Bertz CT molecular complexity index is 342. The Hall–Kier alpha value is -0.670. The fourth-order valence-electron chi connectivity index (χ4n) is 1.79. The average Bonchev–Trinajstić information content (AvgIpc) is 2.24. The number of nitrogens with zero attached hydrogens (tertiary/aromatic N) is 1. The first-order valence-electron chi connectivity index (χ1n) is 5.72. The molecule has 0 heterocycles. The Kier molecular flexibility index (Phi) is 6.79. The van der Waals surface area contributed by atoms with Crippen molar-refractivity contribution in [3.05, 3.63) is 11.1 Å². The van der Waals surface area contributed by atoms with Crippen molar-refractivity contribution < 1.29 is 13.2 Å². The van der Waals surface area contributed by atoms with Crippen LogP contribution in [-0.4, -0.2) is 23.2 Å². The largest absolute Gasteiger partial charge is 0.413 e. The van der Waals surface area contributed by atoms with Gasteiger partial charge in [-0.2, -0.15) is 30.2 Å². The summed E-state index contributed by atoms with van der Waals surface area (Å²) >= 11 is 1.49. The predicted molar refractivity (Wildman–Crippen MR) is 69.1 cm³/mol. The molecule has 104 valence electrons. The molecule has 0 aromatic heterocycles. The lowest BCUT2D eigenvalue weighted by molar-refractivity contribution is -0.0923. The zero-order valence-electron chi connectivity index (χ0n) is 11.0. The molecule has 0 saturated carbocycles. The van der Waals surface area contributed by atoms with E-state index in [-0.39, 0.29) is 16.9 Å². The Morgan fingerprint density at radius 2 is 1.89 bits per heavy atom. The third-order valence-corrected chi connectivity index (χ3v) is 4.33. The van der Waals surface area contributed by atoms with Crippen LogP contribution in [0.3, 0.4) is 0 Å². The molecule has 0 spiro atoms. The summed E-state index contributed by atoms with van der Waals surface area (Å²) in [5.41, 5.74) is 4.75. The van der Waals surface area contributed by atoms with Gasteiger partial charge in [-0.15, -0.1) is 0 Å². The highest BCUT2D eigenvalue weighted by Gasteiger charge is 2.36. The van der Waals surface area contributed by atoms with E-state index in [4.69, 9.17) is 11.0 Å². The van der Waals surface area contributed by atoms with Gasteiger partial charge >= 0.3 is 6.18 Å². The zero-order chi connectivity index (χ0) is 14.5. The minimum Gasteiger partial charge on any atom is -0.327 e. The Balaban J connectivity index is 5.37. The smallest absolute Gasteiger partial charge is 0.327 e. The van der Waals surface area contributed by atoms with Gasteiger partial charge in [0.1, 0.15) is 0 Å². The molecule has 3 unspecified atom stereocenters. The minimum absolute atomic E-state index is 0.193. The van der Waals surface area contributed by atoms with Gasteiger partial charge < -0.3 is 5.73 Å². The Morgan fingerprint density at radius 3 is 2.17 bits per heavy atom. The van der Waals surface area contributed by atoms with E-state index < -0.39 is 17.7 Å². The van der Waals surface area contributed by atoms with Crippen molar-refractivity contribution >= 4 is 11.8 Å². The maximum absolute atomic E-state index is 12.6. The number of rotatable bonds is 5. The summed E-state index contributed by atoms with van der Waals surface area (Å²) < 4.78 is 37.9.